The van der Waals surface area contributed by atoms with Gasteiger partial charge in [0.05, 0.1) is 11.1 Å². The second kappa shape index (κ2) is 8.20. The van der Waals surface area contributed by atoms with Gasteiger partial charge in [0.2, 0.25) is 0 Å². The molecule has 0 spiro atoms. The van der Waals surface area contributed by atoms with Crippen LogP contribution in [0.5, 0.6) is 0 Å². The van der Waals surface area contributed by atoms with Gasteiger partial charge >= 0.3 is 0 Å². The summed E-state index contributed by atoms with van der Waals surface area (Å²) in [4.78, 5) is 24.4. The zero-order valence-corrected chi connectivity index (χ0v) is 14.5. The molecule has 1 heterocycles. The minimum Gasteiger partial charge on any atom is -0.267 e. The number of benzene rings is 2. The highest BCUT2D eigenvalue weighted by Gasteiger charge is 2.14. The smallest absolute Gasteiger partial charge is 0.267 e. The standard InChI is InChI=1S/C20H20N4O2/c1-2-3-13-17(14-9-5-4-6-10-14)21-24-20(26)18-15-11-7-8-12-16(15)19(25)23-22-18/h4-12H,2-3,13H2,1H3,(H,23,25)(H,24,26)/b21-17+. The van der Waals surface area contributed by atoms with Gasteiger partial charge in [0.1, 0.15) is 0 Å². The summed E-state index contributed by atoms with van der Waals surface area (Å²) in [6.07, 6.45) is 2.77. The van der Waals surface area contributed by atoms with E-state index >= 15 is 0 Å². The summed E-state index contributed by atoms with van der Waals surface area (Å²) < 4.78 is 0. The lowest BCUT2D eigenvalue weighted by Gasteiger charge is -2.08. The van der Waals surface area contributed by atoms with Crippen LogP contribution in [0.3, 0.4) is 0 Å². The average Bonchev–Trinajstić information content (AvgIpc) is 2.69. The third-order valence-corrected chi connectivity index (χ3v) is 4.08. The van der Waals surface area contributed by atoms with E-state index in [0.717, 1.165) is 30.5 Å². The normalized spacial score (nSPS) is 11.5. The quantitative estimate of drug-likeness (QED) is 0.529. The number of hydrogen-bond donors (Lipinski definition) is 2. The average molecular weight is 348 g/mol. The highest BCUT2D eigenvalue weighted by Crippen LogP contribution is 2.12. The molecular formula is C20H20N4O2. The van der Waals surface area contributed by atoms with E-state index in [1.807, 2.05) is 30.3 Å². The molecule has 0 saturated carbocycles. The van der Waals surface area contributed by atoms with Crippen molar-refractivity contribution >= 4 is 22.4 Å². The van der Waals surface area contributed by atoms with Crippen molar-refractivity contribution in [1.82, 2.24) is 15.6 Å². The molecule has 132 valence electrons. The second-order valence-electron chi connectivity index (χ2n) is 5.92. The van der Waals surface area contributed by atoms with Gasteiger partial charge in [-0.25, -0.2) is 10.5 Å². The van der Waals surface area contributed by atoms with Gasteiger partial charge in [-0.2, -0.15) is 10.2 Å². The number of hydrogen-bond acceptors (Lipinski definition) is 4. The molecule has 0 aliphatic heterocycles. The van der Waals surface area contributed by atoms with Gasteiger partial charge in [-0.1, -0.05) is 61.9 Å². The molecule has 2 N–H and O–H groups in total. The number of amides is 1. The Labute approximate surface area is 151 Å². The molecule has 0 bridgehead atoms. The number of rotatable bonds is 6. The second-order valence-corrected chi connectivity index (χ2v) is 5.92. The predicted molar refractivity (Wildman–Crippen MR) is 102 cm³/mol. The van der Waals surface area contributed by atoms with Crippen molar-refractivity contribution in [3.63, 3.8) is 0 Å². The van der Waals surface area contributed by atoms with Crippen LogP contribution in [0, 0.1) is 0 Å². The van der Waals surface area contributed by atoms with Gasteiger partial charge in [0.25, 0.3) is 11.5 Å². The summed E-state index contributed by atoms with van der Waals surface area (Å²) in [5.41, 5.74) is 4.19. The van der Waals surface area contributed by atoms with Gasteiger partial charge in [-0.15, -0.1) is 0 Å². The number of nitrogens with zero attached hydrogens (tertiary/aromatic N) is 2. The molecular weight excluding hydrogens is 328 g/mol. The van der Waals surface area contributed by atoms with E-state index in [1.54, 1.807) is 24.3 Å². The molecule has 1 amide bonds. The largest absolute Gasteiger partial charge is 0.292 e. The Morgan fingerprint density at radius 3 is 2.50 bits per heavy atom. The molecule has 6 heteroatoms. The molecule has 0 saturated heterocycles. The molecule has 1 aromatic heterocycles. The first-order chi connectivity index (χ1) is 12.7. The number of unbranched alkanes of at least 4 members (excludes halogenated alkanes) is 1. The Morgan fingerprint density at radius 2 is 1.77 bits per heavy atom. The van der Waals surface area contributed by atoms with Crippen LogP contribution in [0.1, 0.15) is 42.2 Å². The highest BCUT2D eigenvalue weighted by molar-refractivity contribution is 6.06. The van der Waals surface area contributed by atoms with Gasteiger partial charge in [-0.3, -0.25) is 9.59 Å². The molecule has 0 unspecified atom stereocenters. The first kappa shape index (κ1) is 17.5. The van der Waals surface area contributed by atoms with Crippen molar-refractivity contribution in [3.05, 3.63) is 76.2 Å². The Bertz CT molecular complexity index is 993. The third-order valence-electron chi connectivity index (χ3n) is 4.08. The summed E-state index contributed by atoms with van der Waals surface area (Å²) >= 11 is 0. The van der Waals surface area contributed by atoms with Gasteiger partial charge in [0.15, 0.2) is 5.69 Å². The topological polar surface area (TPSA) is 87.2 Å². The van der Waals surface area contributed by atoms with Crippen molar-refractivity contribution in [2.24, 2.45) is 5.10 Å². The van der Waals surface area contributed by atoms with E-state index in [2.05, 4.69) is 27.6 Å². The highest BCUT2D eigenvalue weighted by atomic mass is 16.2. The van der Waals surface area contributed by atoms with Crippen molar-refractivity contribution in [3.8, 4) is 0 Å². The number of fused-ring (bicyclic) bond motifs is 1. The van der Waals surface area contributed by atoms with E-state index in [1.165, 1.54) is 0 Å². The lowest BCUT2D eigenvalue weighted by Crippen LogP contribution is -2.24. The zero-order chi connectivity index (χ0) is 18.4. The minimum atomic E-state index is -0.456. The fourth-order valence-corrected chi connectivity index (χ4v) is 2.70. The maximum Gasteiger partial charge on any atom is 0.292 e. The molecule has 2 aromatic carbocycles. The van der Waals surface area contributed by atoms with Crippen LogP contribution in [0.2, 0.25) is 0 Å². The molecule has 26 heavy (non-hydrogen) atoms. The molecule has 3 rings (SSSR count). The lowest BCUT2D eigenvalue weighted by atomic mass is 10.1. The van der Waals surface area contributed by atoms with Crippen LogP contribution < -0.4 is 11.0 Å². The number of carbonyl (C=O) groups excluding carboxylic acids is 1. The molecule has 0 atom stereocenters. The van der Waals surface area contributed by atoms with Crippen molar-refractivity contribution in [2.45, 2.75) is 26.2 Å². The maximum atomic E-state index is 12.6. The molecule has 0 aliphatic carbocycles. The summed E-state index contributed by atoms with van der Waals surface area (Å²) in [5, 5.41) is 11.5. The minimum absolute atomic E-state index is 0.145. The molecule has 0 radical (unpaired) electrons. The van der Waals surface area contributed by atoms with Crippen LogP contribution in [-0.2, 0) is 0 Å². The third kappa shape index (κ3) is 3.85. The van der Waals surface area contributed by atoms with Crippen LogP contribution in [0.4, 0.5) is 0 Å². The van der Waals surface area contributed by atoms with E-state index < -0.39 is 5.91 Å². The first-order valence-electron chi connectivity index (χ1n) is 8.60. The number of carbonyl (C=O) groups is 1. The van der Waals surface area contributed by atoms with Crippen molar-refractivity contribution < 1.29 is 4.79 Å². The Hall–Kier alpha value is -3.28. The van der Waals surface area contributed by atoms with Crippen molar-refractivity contribution in [1.29, 1.82) is 0 Å². The zero-order valence-electron chi connectivity index (χ0n) is 14.5. The van der Waals surface area contributed by atoms with Gasteiger partial charge < -0.3 is 0 Å². The Balaban J connectivity index is 1.90. The van der Waals surface area contributed by atoms with Crippen LogP contribution in [0.25, 0.3) is 10.8 Å². The maximum absolute atomic E-state index is 12.6. The van der Waals surface area contributed by atoms with E-state index in [-0.39, 0.29) is 11.3 Å². The van der Waals surface area contributed by atoms with Gasteiger partial charge in [0, 0.05) is 5.39 Å². The van der Waals surface area contributed by atoms with E-state index in [9.17, 15) is 9.59 Å². The van der Waals surface area contributed by atoms with Gasteiger partial charge in [-0.05, 0) is 24.5 Å². The molecule has 6 nitrogen and oxygen atoms in total. The number of H-pyrrole nitrogens is 1. The number of hydrazone groups is 1. The Morgan fingerprint density at radius 1 is 1.08 bits per heavy atom. The number of aromatic nitrogens is 2. The summed E-state index contributed by atoms with van der Waals surface area (Å²) in [5.74, 6) is -0.456. The van der Waals surface area contributed by atoms with Crippen molar-refractivity contribution in [2.75, 3.05) is 0 Å². The Kier molecular flexibility index (Phi) is 5.53. The SMILES string of the molecule is CCCC/C(=N\NC(=O)c1n[nH]c(=O)c2ccccc12)c1ccccc1. The van der Waals surface area contributed by atoms with E-state index in [0.29, 0.717) is 10.8 Å². The van der Waals surface area contributed by atoms with E-state index in [4.69, 9.17) is 0 Å². The lowest BCUT2D eigenvalue weighted by molar-refractivity contribution is 0.0950. The van der Waals surface area contributed by atoms with Crippen LogP contribution in [-0.4, -0.2) is 21.8 Å². The monoisotopic (exact) mass is 348 g/mol. The summed E-state index contributed by atoms with van der Waals surface area (Å²) in [6.45, 7) is 2.11. The molecule has 0 fully saturated rings. The molecule has 0 aliphatic rings. The summed E-state index contributed by atoms with van der Waals surface area (Å²) in [6, 6.07) is 16.6. The first-order valence-corrected chi connectivity index (χ1v) is 8.60. The fraction of sp³-hybridized carbons (Fsp3) is 0.200. The molecule has 3 aromatic rings. The predicted octanol–water partition coefficient (Wildman–Crippen LogP) is 3.25. The number of nitrogens with one attached hydrogen (secondary N) is 2. The summed E-state index contributed by atoms with van der Waals surface area (Å²) in [7, 11) is 0. The number of aromatic amines is 1. The van der Waals surface area contributed by atoms with Crippen LogP contribution in [0.15, 0.2) is 64.5 Å². The fourth-order valence-electron chi connectivity index (χ4n) is 2.70. The van der Waals surface area contributed by atoms with Crippen LogP contribution >= 0.6 is 0 Å².